The summed E-state index contributed by atoms with van der Waals surface area (Å²) in [7, 11) is 1.40. The van der Waals surface area contributed by atoms with E-state index in [4.69, 9.17) is 21.1 Å². The van der Waals surface area contributed by atoms with Gasteiger partial charge >= 0.3 is 12.0 Å². The Morgan fingerprint density at radius 2 is 1.88 bits per heavy atom. The summed E-state index contributed by atoms with van der Waals surface area (Å²) in [4.78, 5) is 61.8. The number of carbonyl (C=O) groups is 3. The lowest BCUT2D eigenvalue weighted by Crippen LogP contribution is -2.39. The van der Waals surface area contributed by atoms with Crippen LogP contribution in [0.1, 0.15) is 86.4 Å². The zero-order valence-electron chi connectivity index (χ0n) is 24.2. The third-order valence-corrected chi connectivity index (χ3v) is 7.41. The van der Waals surface area contributed by atoms with Crippen LogP contribution in [0.5, 0.6) is 6.01 Å². The molecule has 0 aliphatic heterocycles. The molecule has 3 aromatic rings. The maximum absolute atomic E-state index is 13.3. The highest BCUT2D eigenvalue weighted by molar-refractivity contribution is 6.34. The van der Waals surface area contributed by atoms with E-state index < -0.39 is 17.1 Å². The number of aromatic amines is 1. The molecule has 2 aromatic heterocycles. The summed E-state index contributed by atoms with van der Waals surface area (Å²) in [5.74, 6) is -0.956. The van der Waals surface area contributed by atoms with Crippen molar-refractivity contribution in [1.29, 1.82) is 0 Å². The summed E-state index contributed by atoms with van der Waals surface area (Å²) in [5.41, 5.74) is -0.657. The lowest BCUT2D eigenvalue weighted by Gasteiger charge is -2.25. The summed E-state index contributed by atoms with van der Waals surface area (Å²) in [5, 5.41) is 6.42. The second-order valence-electron chi connectivity index (χ2n) is 11.4. The summed E-state index contributed by atoms with van der Waals surface area (Å²) in [6.07, 6.45) is 7.18. The summed E-state index contributed by atoms with van der Waals surface area (Å²) in [6, 6.07) is 5.92. The molecule has 0 spiro atoms. The monoisotopic (exact) mass is 597 g/mol. The number of halogens is 1. The highest BCUT2D eigenvalue weighted by Crippen LogP contribution is 2.31. The molecule has 224 valence electrons. The Labute approximate surface area is 248 Å². The van der Waals surface area contributed by atoms with Gasteiger partial charge in [0.15, 0.2) is 0 Å². The number of nitrogens with one attached hydrogen (secondary N) is 3. The molecule has 1 fully saturated rings. The van der Waals surface area contributed by atoms with E-state index in [0.29, 0.717) is 29.7 Å². The first-order valence-corrected chi connectivity index (χ1v) is 14.4. The number of aromatic nitrogens is 3. The molecule has 1 aliphatic rings. The number of H-pyrrole nitrogens is 1. The molecule has 0 bridgehead atoms. The number of ether oxygens (including phenoxy) is 2. The van der Waals surface area contributed by atoms with Crippen LogP contribution in [0.2, 0.25) is 5.02 Å². The van der Waals surface area contributed by atoms with Crippen molar-refractivity contribution in [1.82, 2.24) is 20.3 Å². The van der Waals surface area contributed by atoms with Crippen molar-refractivity contribution >= 4 is 46.1 Å². The minimum atomic E-state index is -0.709. The minimum absolute atomic E-state index is 0.0791. The average Bonchev–Trinajstić information content (AvgIpc) is 3.47. The van der Waals surface area contributed by atoms with Crippen LogP contribution < -0.4 is 20.9 Å². The van der Waals surface area contributed by atoms with E-state index >= 15 is 0 Å². The van der Waals surface area contributed by atoms with Crippen LogP contribution in [-0.4, -0.2) is 51.5 Å². The number of pyridine rings is 1. The summed E-state index contributed by atoms with van der Waals surface area (Å²) >= 11 is 6.34. The summed E-state index contributed by atoms with van der Waals surface area (Å²) in [6.45, 7) is 5.51. The van der Waals surface area contributed by atoms with Crippen molar-refractivity contribution < 1.29 is 23.9 Å². The highest BCUT2D eigenvalue weighted by Gasteiger charge is 2.27. The number of hydrogen-bond donors (Lipinski definition) is 3. The number of hydrogen-bond acceptors (Lipinski definition) is 8. The average molecular weight is 598 g/mol. The molecule has 1 atom stereocenters. The van der Waals surface area contributed by atoms with Crippen molar-refractivity contribution in [3.8, 4) is 6.01 Å². The van der Waals surface area contributed by atoms with Gasteiger partial charge in [0.2, 0.25) is 0 Å². The first kappa shape index (κ1) is 31.0. The molecule has 1 unspecified atom stereocenters. The molecule has 12 heteroatoms. The zero-order chi connectivity index (χ0) is 30.4. The molecule has 2 heterocycles. The van der Waals surface area contributed by atoms with Crippen LogP contribution in [0, 0.1) is 5.92 Å². The predicted molar refractivity (Wildman–Crippen MR) is 159 cm³/mol. The molecule has 0 radical (unpaired) electrons. The van der Waals surface area contributed by atoms with Gasteiger partial charge in [0, 0.05) is 29.6 Å². The van der Waals surface area contributed by atoms with Crippen molar-refractivity contribution in [2.45, 2.75) is 77.4 Å². The number of fused-ring (bicyclic) bond motifs is 1. The van der Waals surface area contributed by atoms with E-state index in [1.54, 1.807) is 6.07 Å². The minimum Gasteiger partial charge on any atom is -0.467 e. The zero-order valence-corrected chi connectivity index (χ0v) is 25.0. The smallest absolute Gasteiger partial charge is 0.318 e. The van der Waals surface area contributed by atoms with Gasteiger partial charge in [-0.1, -0.05) is 24.4 Å². The predicted octanol–water partition coefficient (Wildman–Crippen LogP) is 5.03. The van der Waals surface area contributed by atoms with E-state index in [1.807, 2.05) is 20.8 Å². The molecular formula is C30H36ClN5O6. The number of anilines is 1. The van der Waals surface area contributed by atoms with E-state index in [9.17, 15) is 19.2 Å². The second-order valence-corrected chi connectivity index (χ2v) is 11.8. The molecule has 0 saturated heterocycles. The van der Waals surface area contributed by atoms with Crippen molar-refractivity contribution in [3.63, 3.8) is 0 Å². The maximum atomic E-state index is 13.3. The highest BCUT2D eigenvalue weighted by atomic mass is 35.5. The number of esters is 1. The molecule has 4 rings (SSSR count). The summed E-state index contributed by atoms with van der Waals surface area (Å²) < 4.78 is 10.4. The Balaban J connectivity index is 1.46. The fraction of sp³-hybridized carbons (Fsp3) is 0.467. The standard InChI is InChI=1S/C30H36ClN5O6/c1-30(2,3)42-24(37)11-7-10-22(17-8-5-6-9-17)33-26(38)18-12-13-21(31)23(15-18)34-27(39)20-14-19-16-32-29(41-4)36-25(19)35-28(20)40/h12-17,22H,5-11H2,1-4H3,(H,33,38)(H,34,39)(H,32,35,36,40). The third kappa shape index (κ3) is 8.06. The molecule has 2 amide bonds. The van der Waals surface area contributed by atoms with Crippen molar-refractivity contribution in [3.05, 3.63) is 57.0 Å². The van der Waals surface area contributed by atoms with Crippen LogP contribution in [0.3, 0.4) is 0 Å². The van der Waals surface area contributed by atoms with E-state index in [1.165, 1.54) is 31.5 Å². The molecule has 11 nitrogen and oxygen atoms in total. The fourth-order valence-electron chi connectivity index (χ4n) is 5.09. The molecule has 1 aromatic carbocycles. The fourth-order valence-corrected chi connectivity index (χ4v) is 5.26. The maximum Gasteiger partial charge on any atom is 0.318 e. The van der Waals surface area contributed by atoms with Crippen LogP contribution in [0.25, 0.3) is 11.0 Å². The van der Waals surface area contributed by atoms with Crippen LogP contribution in [0.4, 0.5) is 5.69 Å². The van der Waals surface area contributed by atoms with Gasteiger partial charge in [0.1, 0.15) is 16.8 Å². The Morgan fingerprint density at radius 3 is 2.57 bits per heavy atom. The topological polar surface area (TPSA) is 152 Å². The Hall–Kier alpha value is -3.99. The normalized spacial score (nSPS) is 14.4. The Bertz CT molecular complexity index is 1530. The first-order chi connectivity index (χ1) is 19.9. The Kier molecular flexibility index (Phi) is 9.82. The number of carbonyl (C=O) groups excluding carboxylic acids is 3. The van der Waals surface area contributed by atoms with Gasteiger partial charge in [0.05, 0.1) is 17.8 Å². The van der Waals surface area contributed by atoms with Gasteiger partial charge in [0.25, 0.3) is 17.4 Å². The quantitative estimate of drug-likeness (QED) is 0.275. The van der Waals surface area contributed by atoms with Gasteiger partial charge in [-0.3, -0.25) is 19.2 Å². The number of nitrogens with zero attached hydrogens (tertiary/aromatic N) is 2. The van der Waals surface area contributed by atoms with Crippen LogP contribution in [-0.2, 0) is 9.53 Å². The van der Waals surface area contributed by atoms with E-state index in [0.717, 1.165) is 25.7 Å². The number of amides is 2. The lowest BCUT2D eigenvalue weighted by molar-refractivity contribution is -0.154. The second kappa shape index (κ2) is 13.3. The SMILES string of the molecule is COc1ncc2cc(C(=O)Nc3cc(C(=O)NC(CCCC(=O)OC(C)(C)C)C4CCCC4)ccc3Cl)c(=O)[nH]c2n1. The largest absolute Gasteiger partial charge is 0.467 e. The Morgan fingerprint density at radius 1 is 1.14 bits per heavy atom. The van der Waals surface area contributed by atoms with E-state index in [2.05, 4.69) is 25.6 Å². The van der Waals surface area contributed by atoms with Crippen LogP contribution >= 0.6 is 11.6 Å². The van der Waals surface area contributed by atoms with Gasteiger partial charge in [-0.2, -0.15) is 4.98 Å². The van der Waals surface area contributed by atoms with E-state index in [-0.39, 0.29) is 52.3 Å². The van der Waals surface area contributed by atoms with Gasteiger partial charge in [-0.05, 0) is 76.6 Å². The van der Waals surface area contributed by atoms with Gasteiger partial charge < -0.3 is 25.1 Å². The van der Waals surface area contributed by atoms with Gasteiger partial charge in [-0.15, -0.1) is 0 Å². The number of benzene rings is 1. The molecular weight excluding hydrogens is 562 g/mol. The first-order valence-electron chi connectivity index (χ1n) is 14.0. The van der Waals surface area contributed by atoms with Crippen LogP contribution in [0.15, 0.2) is 35.3 Å². The third-order valence-electron chi connectivity index (χ3n) is 7.08. The lowest BCUT2D eigenvalue weighted by atomic mass is 9.93. The molecule has 3 N–H and O–H groups in total. The van der Waals surface area contributed by atoms with Crippen molar-refractivity contribution in [2.24, 2.45) is 5.92 Å². The molecule has 1 saturated carbocycles. The van der Waals surface area contributed by atoms with Crippen molar-refractivity contribution in [2.75, 3.05) is 12.4 Å². The number of rotatable bonds is 10. The molecule has 1 aliphatic carbocycles. The molecule has 42 heavy (non-hydrogen) atoms. The number of methoxy groups -OCH3 is 1. The van der Waals surface area contributed by atoms with Gasteiger partial charge in [-0.25, -0.2) is 4.98 Å².